The molecule has 1 heterocycles. The largest absolute Gasteiger partial charge is 0.507 e. The van der Waals surface area contributed by atoms with Crippen LogP contribution in [-0.2, 0) is 21.5 Å². The van der Waals surface area contributed by atoms with Crippen LogP contribution in [0.2, 0.25) is 0 Å². The molecule has 0 radical (unpaired) electrons. The molecule has 0 bridgehead atoms. The van der Waals surface area contributed by atoms with E-state index in [0.717, 1.165) is 5.56 Å². The molecular weight excluding hydrogens is 510 g/mol. The average Bonchev–Trinajstić information content (AvgIpc) is 3.20. The quantitative estimate of drug-likeness (QED) is 0.222. The van der Waals surface area contributed by atoms with E-state index in [9.17, 15) is 14.7 Å². The minimum Gasteiger partial charge on any atom is -0.507 e. The SMILES string of the molecule is COc1ccccc1CN1C(=O)C(=O)/C(=C(/O)c2cc(C(C)(C)C)ccc2OC)C1c1ccc(OC)c(OC)c1. The maximum atomic E-state index is 13.7. The zero-order chi connectivity index (χ0) is 29.2. The Hall–Kier alpha value is -4.46. The third-order valence-electron chi connectivity index (χ3n) is 7.12. The molecule has 1 amide bonds. The predicted octanol–water partition coefficient (Wildman–Crippen LogP) is 5.64. The molecule has 4 rings (SSSR count). The number of carbonyl (C=O) groups is 2. The number of ether oxygens (including phenoxy) is 4. The molecule has 1 aliphatic rings. The zero-order valence-electron chi connectivity index (χ0n) is 23.9. The third kappa shape index (κ3) is 5.21. The van der Waals surface area contributed by atoms with E-state index >= 15 is 0 Å². The van der Waals surface area contributed by atoms with E-state index in [1.165, 1.54) is 26.2 Å². The smallest absolute Gasteiger partial charge is 0.295 e. The van der Waals surface area contributed by atoms with Crippen LogP contribution >= 0.6 is 0 Å². The van der Waals surface area contributed by atoms with Gasteiger partial charge in [0.15, 0.2) is 11.5 Å². The summed E-state index contributed by atoms with van der Waals surface area (Å²) in [6.45, 7) is 6.22. The number of aliphatic hydroxyl groups excluding tert-OH is 1. The van der Waals surface area contributed by atoms with Gasteiger partial charge in [0.05, 0.1) is 52.2 Å². The lowest BCUT2D eigenvalue weighted by atomic mass is 9.85. The van der Waals surface area contributed by atoms with Crippen LogP contribution in [0.15, 0.2) is 66.2 Å². The molecular formula is C32H35NO7. The van der Waals surface area contributed by atoms with Gasteiger partial charge in [-0.3, -0.25) is 9.59 Å². The Bertz CT molecular complexity index is 1470. The Kier molecular flexibility index (Phi) is 8.09. The summed E-state index contributed by atoms with van der Waals surface area (Å²) in [6, 6.07) is 17.0. The average molecular weight is 546 g/mol. The molecule has 1 fully saturated rings. The van der Waals surface area contributed by atoms with Gasteiger partial charge in [-0.2, -0.15) is 0 Å². The van der Waals surface area contributed by atoms with Crippen molar-refractivity contribution in [2.75, 3.05) is 28.4 Å². The number of likely N-dealkylation sites (tertiary alicyclic amines) is 1. The number of carbonyl (C=O) groups excluding carboxylic acids is 2. The second-order valence-corrected chi connectivity index (χ2v) is 10.5. The number of hydrogen-bond donors (Lipinski definition) is 1. The van der Waals surface area contributed by atoms with Gasteiger partial charge in [-0.15, -0.1) is 0 Å². The number of methoxy groups -OCH3 is 4. The molecule has 1 aliphatic heterocycles. The van der Waals surface area contributed by atoms with E-state index < -0.39 is 17.7 Å². The van der Waals surface area contributed by atoms with Gasteiger partial charge in [-0.05, 0) is 46.9 Å². The molecule has 0 saturated carbocycles. The van der Waals surface area contributed by atoms with Gasteiger partial charge in [-0.25, -0.2) is 0 Å². The van der Waals surface area contributed by atoms with Crippen LogP contribution in [0, 0.1) is 0 Å². The van der Waals surface area contributed by atoms with Gasteiger partial charge >= 0.3 is 0 Å². The number of para-hydroxylation sites is 1. The summed E-state index contributed by atoms with van der Waals surface area (Å²) in [7, 11) is 6.08. The van der Waals surface area contributed by atoms with E-state index in [4.69, 9.17) is 18.9 Å². The summed E-state index contributed by atoms with van der Waals surface area (Å²) in [5.41, 5.74) is 2.26. The highest BCUT2D eigenvalue weighted by molar-refractivity contribution is 6.46. The molecule has 3 aromatic carbocycles. The molecule has 210 valence electrons. The molecule has 40 heavy (non-hydrogen) atoms. The molecule has 1 N–H and O–H groups in total. The number of Topliss-reactive ketones (excluding diaryl/α,β-unsaturated/α-hetero) is 1. The maximum absolute atomic E-state index is 13.7. The van der Waals surface area contributed by atoms with E-state index in [0.29, 0.717) is 39.7 Å². The minimum absolute atomic E-state index is 0.0449. The molecule has 8 heteroatoms. The number of rotatable bonds is 8. The first-order valence-electron chi connectivity index (χ1n) is 12.9. The van der Waals surface area contributed by atoms with Gasteiger partial charge in [0.1, 0.15) is 17.3 Å². The van der Waals surface area contributed by atoms with E-state index in [2.05, 4.69) is 20.8 Å². The van der Waals surface area contributed by atoms with Crippen molar-refractivity contribution in [2.45, 2.75) is 38.8 Å². The van der Waals surface area contributed by atoms with Gasteiger partial charge < -0.3 is 29.0 Å². The Morgan fingerprint density at radius 2 is 1.43 bits per heavy atom. The molecule has 0 aliphatic carbocycles. The van der Waals surface area contributed by atoms with Crippen molar-refractivity contribution >= 4 is 17.4 Å². The minimum atomic E-state index is -0.923. The highest BCUT2D eigenvalue weighted by atomic mass is 16.5. The summed E-state index contributed by atoms with van der Waals surface area (Å²) < 4.78 is 22.0. The summed E-state index contributed by atoms with van der Waals surface area (Å²) in [6.07, 6.45) is 0. The van der Waals surface area contributed by atoms with Crippen LogP contribution in [0.25, 0.3) is 5.76 Å². The highest BCUT2D eigenvalue weighted by Crippen LogP contribution is 2.44. The van der Waals surface area contributed by atoms with Gasteiger partial charge in [-0.1, -0.05) is 51.1 Å². The number of ketones is 1. The van der Waals surface area contributed by atoms with Crippen LogP contribution in [-0.4, -0.2) is 50.1 Å². The lowest BCUT2D eigenvalue weighted by molar-refractivity contribution is -0.140. The summed E-state index contributed by atoms with van der Waals surface area (Å²) in [5, 5.41) is 11.8. The van der Waals surface area contributed by atoms with Crippen molar-refractivity contribution in [1.29, 1.82) is 0 Å². The zero-order valence-corrected chi connectivity index (χ0v) is 23.9. The lowest BCUT2D eigenvalue weighted by Crippen LogP contribution is -2.29. The van der Waals surface area contributed by atoms with E-state index in [-0.39, 0.29) is 23.3 Å². The number of amides is 1. The Balaban J connectivity index is 1.97. The molecule has 1 unspecified atom stereocenters. The van der Waals surface area contributed by atoms with Crippen LogP contribution in [0.5, 0.6) is 23.0 Å². The van der Waals surface area contributed by atoms with Crippen molar-refractivity contribution in [2.24, 2.45) is 0 Å². The first-order chi connectivity index (χ1) is 19.0. The second-order valence-electron chi connectivity index (χ2n) is 10.5. The first-order valence-corrected chi connectivity index (χ1v) is 12.9. The van der Waals surface area contributed by atoms with Gasteiger partial charge in [0.25, 0.3) is 11.7 Å². The maximum Gasteiger partial charge on any atom is 0.295 e. The number of aliphatic hydroxyl groups is 1. The Morgan fingerprint density at radius 3 is 2.05 bits per heavy atom. The standard InChI is InChI=1S/C32H35NO7/c1-32(2,3)21-13-15-24(38-5)22(17-21)29(34)27-28(19-12-14-25(39-6)26(16-19)40-7)33(31(36)30(27)35)18-20-10-8-9-11-23(20)37-4/h8-17,28,34H,18H2,1-7H3/b29-27+. The first kappa shape index (κ1) is 28.5. The molecule has 1 saturated heterocycles. The van der Waals surface area contributed by atoms with Crippen molar-refractivity contribution in [3.05, 3.63) is 88.5 Å². The predicted molar refractivity (Wildman–Crippen MR) is 152 cm³/mol. The monoisotopic (exact) mass is 545 g/mol. The lowest BCUT2D eigenvalue weighted by Gasteiger charge is -2.27. The molecule has 0 aromatic heterocycles. The summed E-state index contributed by atoms with van der Waals surface area (Å²) >= 11 is 0. The topological polar surface area (TPSA) is 94.5 Å². The van der Waals surface area contributed by atoms with Crippen molar-refractivity contribution in [1.82, 2.24) is 4.90 Å². The molecule has 1 atom stereocenters. The highest BCUT2D eigenvalue weighted by Gasteiger charge is 2.47. The Morgan fingerprint density at radius 1 is 0.800 bits per heavy atom. The fourth-order valence-corrected chi connectivity index (χ4v) is 4.93. The van der Waals surface area contributed by atoms with Crippen LogP contribution in [0.3, 0.4) is 0 Å². The number of benzene rings is 3. The second kappa shape index (κ2) is 11.3. The van der Waals surface area contributed by atoms with E-state index in [1.807, 2.05) is 24.3 Å². The Labute approximate surface area is 234 Å². The van der Waals surface area contributed by atoms with Crippen molar-refractivity contribution in [3.63, 3.8) is 0 Å². The normalized spacial score (nSPS) is 16.7. The van der Waals surface area contributed by atoms with E-state index in [1.54, 1.807) is 43.5 Å². The molecule has 0 spiro atoms. The fraction of sp³-hybridized carbons (Fsp3) is 0.312. The molecule has 8 nitrogen and oxygen atoms in total. The van der Waals surface area contributed by atoms with Gasteiger partial charge in [0, 0.05) is 5.56 Å². The number of hydrogen-bond acceptors (Lipinski definition) is 7. The third-order valence-corrected chi connectivity index (χ3v) is 7.12. The fourth-order valence-electron chi connectivity index (χ4n) is 4.93. The summed E-state index contributed by atoms with van der Waals surface area (Å²) in [5.74, 6) is 0.0300. The van der Waals surface area contributed by atoms with Crippen LogP contribution in [0.4, 0.5) is 0 Å². The van der Waals surface area contributed by atoms with Gasteiger partial charge in [0.2, 0.25) is 0 Å². The van der Waals surface area contributed by atoms with Crippen LogP contribution in [0.1, 0.15) is 49.1 Å². The van der Waals surface area contributed by atoms with Crippen molar-refractivity contribution < 1.29 is 33.6 Å². The molecule has 3 aromatic rings. The van der Waals surface area contributed by atoms with Crippen LogP contribution < -0.4 is 18.9 Å². The number of nitrogens with zero attached hydrogens (tertiary/aromatic N) is 1. The summed E-state index contributed by atoms with van der Waals surface area (Å²) in [4.78, 5) is 28.7. The van der Waals surface area contributed by atoms with Crippen molar-refractivity contribution in [3.8, 4) is 23.0 Å².